The van der Waals surface area contributed by atoms with E-state index in [1.54, 1.807) is 0 Å². The summed E-state index contributed by atoms with van der Waals surface area (Å²) in [4.78, 5) is 12.9. The van der Waals surface area contributed by atoms with Crippen LogP contribution in [0, 0.1) is 0 Å². The van der Waals surface area contributed by atoms with Gasteiger partial charge in [0, 0.05) is 13.0 Å². The van der Waals surface area contributed by atoms with Gasteiger partial charge in [-0.25, -0.2) is 4.18 Å². The highest BCUT2D eigenvalue weighted by atomic mass is 32.3. The Kier molecular flexibility index (Phi) is 41.4. The quantitative estimate of drug-likeness (QED) is 0.0197. The Morgan fingerprint density at radius 1 is 0.582 bits per heavy atom. The summed E-state index contributed by atoms with van der Waals surface area (Å²) in [5.41, 5.74) is 0. The Balaban J connectivity index is 2.35. The second kappa shape index (κ2) is 44.5. The van der Waals surface area contributed by atoms with Crippen LogP contribution < -0.4 is 0 Å². The van der Waals surface area contributed by atoms with Crippen molar-refractivity contribution in [3.8, 4) is 0 Å². The fourth-order valence-electron chi connectivity index (χ4n) is 7.38. The molecule has 13 heteroatoms. The van der Waals surface area contributed by atoms with Crippen LogP contribution in [0.25, 0.3) is 0 Å². The topological polar surface area (TPSA) is 178 Å². The predicted octanol–water partition coefficient (Wildman–Crippen LogP) is 12.0. The molecule has 1 heterocycles. The minimum atomic E-state index is -5.07. The molecule has 1 aliphatic rings. The average Bonchev–Trinajstić information content (AvgIpc) is 3.30. The van der Waals surface area contributed by atoms with Crippen molar-refractivity contribution in [3.63, 3.8) is 0 Å². The lowest BCUT2D eigenvalue weighted by molar-refractivity contribution is -0.301. The van der Waals surface area contributed by atoms with Gasteiger partial charge in [0.1, 0.15) is 30.5 Å². The van der Waals surface area contributed by atoms with E-state index in [2.05, 4.69) is 103 Å². The first-order valence-electron chi connectivity index (χ1n) is 25.8. The molecule has 0 radical (unpaired) electrons. The summed E-state index contributed by atoms with van der Waals surface area (Å²) in [7, 11) is -5.07. The number of ether oxygens (including phenoxy) is 4. The first-order valence-corrected chi connectivity index (χ1v) is 27.2. The van der Waals surface area contributed by atoms with Gasteiger partial charge < -0.3 is 34.3 Å². The molecule has 12 nitrogen and oxygen atoms in total. The zero-order valence-electron chi connectivity index (χ0n) is 41.4. The molecule has 0 saturated carbocycles. The minimum Gasteiger partial charge on any atom is -0.457 e. The molecule has 67 heavy (non-hydrogen) atoms. The van der Waals surface area contributed by atoms with Crippen molar-refractivity contribution in [3.05, 3.63) is 85.1 Å². The molecule has 0 aromatic rings. The second-order valence-electron chi connectivity index (χ2n) is 17.4. The molecule has 1 fully saturated rings. The zero-order chi connectivity index (χ0) is 48.9. The van der Waals surface area contributed by atoms with E-state index in [0.29, 0.717) is 13.0 Å². The maximum Gasteiger partial charge on any atom is 0.397 e. The molecule has 1 aliphatic heterocycles. The van der Waals surface area contributed by atoms with Gasteiger partial charge in [-0.05, 0) is 89.9 Å². The molecule has 0 aromatic heterocycles. The lowest BCUT2D eigenvalue weighted by atomic mass is 9.99. The number of rotatable bonds is 44. The standard InChI is InChI=1S/C54H92O12S/c1-3-5-7-9-11-13-15-17-19-20-21-22-23-24-25-26-27-28-29-30-32-34-36-38-40-42-44-62-46-48(47-63-54-52(58)53(66-67(59,60)61)51(57)49(45-55)65-54)64-50(56)43-41-39-37-35-33-31-18-16-14-12-10-8-6-4-2/h5,7,11,13,16-19,21-22,24-25,27-28,48-49,51-55,57-58H,3-4,6,8-10,12,14-15,20,23,26,29-47H2,1-2H3,(H,59,60,61)/b7-5-,13-11-,18-16-,19-17-,22-21-,25-24-,28-27-. The number of hydrogen-bond donors (Lipinski definition) is 4. The molecule has 6 atom stereocenters. The van der Waals surface area contributed by atoms with Gasteiger partial charge in [-0.1, -0.05) is 176 Å². The van der Waals surface area contributed by atoms with E-state index in [1.807, 2.05) is 0 Å². The number of esters is 1. The Labute approximate surface area is 406 Å². The van der Waals surface area contributed by atoms with Crippen LogP contribution in [0.15, 0.2) is 85.1 Å². The summed E-state index contributed by atoms with van der Waals surface area (Å²) < 4.78 is 59.2. The van der Waals surface area contributed by atoms with Crippen LogP contribution in [0.3, 0.4) is 0 Å². The average molecular weight is 965 g/mol. The normalized spacial score (nSPS) is 20.1. The molecular weight excluding hydrogens is 873 g/mol. The summed E-state index contributed by atoms with van der Waals surface area (Å²) in [6, 6.07) is 0. The number of allylic oxidation sites excluding steroid dienone is 14. The van der Waals surface area contributed by atoms with Crippen molar-refractivity contribution in [2.45, 2.75) is 224 Å². The minimum absolute atomic E-state index is 0.0202. The second-order valence-corrected chi connectivity index (χ2v) is 18.4. The highest BCUT2D eigenvalue weighted by Gasteiger charge is 2.48. The van der Waals surface area contributed by atoms with Gasteiger partial charge in [0.25, 0.3) is 0 Å². The molecule has 0 aromatic carbocycles. The van der Waals surface area contributed by atoms with Crippen LogP contribution >= 0.6 is 0 Å². The monoisotopic (exact) mass is 965 g/mol. The maximum atomic E-state index is 12.9. The molecule has 1 saturated heterocycles. The van der Waals surface area contributed by atoms with Crippen LogP contribution in [0.5, 0.6) is 0 Å². The van der Waals surface area contributed by atoms with E-state index < -0.39 is 59.8 Å². The van der Waals surface area contributed by atoms with Crippen molar-refractivity contribution in [2.24, 2.45) is 0 Å². The largest absolute Gasteiger partial charge is 0.457 e. The van der Waals surface area contributed by atoms with Crippen LogP contribution in [0.1, 0.15) is 187 Å². The van der Waals surface area contributed by atoms with Crippen molar-refractivity contribution in [1.82, 2.24) is 0 Å². The zero-order valence-corrected chi connectivity index (χ0v) is 42.2. The van der Waals surface area contributed by atoms with E-state index in [9.17, 15) is 33.1 Å². The molecule has 0 aliphatic carbocycles. The van der Waals surface area contributed by atoms with E-state index >= 15 is 0 Å². The Morgan fingerprint density at radius 2 is 1.03 bits per heavy atom. The van der Waals surface area contributed by atoms with E-state index in [4.69, 9.17) is 18.9 Å². The molecule has 0 amide bonds. The van der Waals surface area contributed by atoms with Gasteiger partial charge in [0.15, 0.2) is 6.29 Å². The van der Waals surface area contributed by atoms with Gasteiger partial charge in [-0.3, -0.25) is 9.35 Å². The molecule has 6 unspecified atom stereocenters. The number of aliphatic hydroxyl groups excluding tert-OH is 3. The van der Waals surface area contributed by atoms with Crippen molar-refractivity contribution < 1.29 is 56.2 Å². The van der Waals surface area contributed by atoms with Crippen molar-refractivity contribution in [1.29, 1.82) is 0 Å². The summed E-state index contributed by atoms with van der Waals surface area (Å²) in [5.74, 6) is -0.416. The van der Waals surface area contributed by atoms with Crippen LogP contribution in [-0.2, 0) is 38.3 Å². The van der Waals surface area contributed by atoms with Gasteiger partial charge in [0.05, 0.1) is 19.8 Å². The van der Waals surface area contributed by atoms with Crippen molar-refractivity contribution in [2.75, 3.05) is 26.4 Å². The SMILES string of the molecule is CC/C=C\C/C=C\C/C=C\C/C=C\C/C=C\C/C=C\CCCCCCCCCOCC(COC1OC(CO)C(O)C(OS(=O)(=O)O)C1O)OC(=O)CCCCCCC/C=C\CCCCCCC. The van der Waals surface area contributed by atoms with E-state index in [0.717, 1.165) is 109 Å². The van der Waals surface area contributed by atoms with E-state index in [-0.39, 0.29) is 19.6 Å². The maximum absolute atomic E-state index is 12.9. The van der Waals surface area contributed by atoms with Crippen molar-refractivity contribution >= 4 is 16.4 Å². The molecule has 1 rings (SSSR count). The van der Waals surface area contributed by atoms with Crippen LogP contribution in [0.2, 0.25) is 0 Å². The highest BCUT2D eigenvalue weighted by molar-refractivity contribution is 7.80. The number of hydrogen-bond acceptors (Lipinski definition) is 11. The van der Waals surface area contributed by atoms with Gasteiger partial charge in [0.2, 0.25) is 0 Å². The lowest BCUT2D eigenvalue weighted by Crippen LogP contribution is -2.60. The number of aliphatic hydroxyl groups is 3. The molecule has 0 bridgehead atoms. The number of unbranched alkanes of at least 4 members (excludes halogenated alkanes) is 17. The summed E-state index contributed by atoms with van der Waals surface area (Å²) in [6.45, 7) is 3.82. The molecular formula is C54H92O12S. The lowest BCUT2D eigenvalue weighted by Gasteiger charge is -2.41. The van der Waals surface area contributed by atoms with E-state index in [1.165, 1.54) is 51.4 Å². The third kappa shape index (κ3) is 37.8. The number of carbonyl (C=O) groups excluding carboxylic acids is 1. The fourth-order valence-corrected chi connectivity index (χ4v) is 7.88. The fraction of sp³-hybridized carbons (Fsp3) is 0.722. The smallest absolute Gasteiger partial charge is 0.397 e. The summed E-state index contributed by atoms with van der Waals surface area (Å²) in [6.07, 6.45) is 50.4. The first-order chi connectivity index (χ1) is 32.6. The first kappa shape index (κ1) is 62.3. The van der Waals surface area contributed by atoms with Crippen LogP contribution in [0.4, 0.5) is 0 Å². The third-order valence-electron chi connectivity index (χ3n) is 11.3. The Hall–Kier alpha value is -2.72. The van der Waals surface area contributed by atoms with Gasteiger partial charge in [-0.15, -0.1) is 0 Å². The number of carbonyl (C=O) groups is 1. The van der Waals surface area contributed by atoms with Crippen LogP contribution in [-0.4, -0.2) is 97.5 Å². The predicted molar refractivity (Wildman–Crippen MR) is 271 cm³/mol. The molecule has 4 N–H and O–H groups in total. The van der Waals surface area contributed by atoms with Gasteiger partial charge in [-0.2, -0.15) is 8.42 Å². The Morgan fingerprint density at radius 3 is 1.52 bits per heavy atom. The highest BCUT2D eigenvalue weighted by Crippen LogP contribution is 2.26. The Bertz CT molecular complexity index is 1490. The summed E-state index contributed by atoms with van der Waals surface area (Å²) in [5, 5.41) is 30.7. The molecule has 386 valence electrons. The van der Waals surface area contributed by atoms with Gasteiger partial charge >= 0.3 is 16.4 Å². The molecule has 0 spiro atoms. The third-order valence-corrected chi connectivity index (χ3v) is 11.7. The summed E-state index contributed by atoms with van der Waals surface area (Å²) >= 11 is 0.